The standard InChI is InChI=1S/C10H18BrNO2/c1-4-8(11)9(13)12-10(3)5-6-14-7(10)2/h7-8H,4-6H2,1-3H3,(H,12,13). The first kappa shape index (κ1) is 12.0. The summed E-state index contributed by atoms with van der Waals surface area (Å²) < 4.78 is 5.45. The van der Waals surface area contributed by atoms with E-state index in [2.05, 4.69) is 21.2 Å². The summed E-state index contributed by atoms with van der Waals surface area (Å²) in [5.74, 6) is 0.0624. The first-order chi connectivity index (χ1) is 6.49. The summed E-state index contributed by atoms with van der Waals surface area (Å²) in [6.45, 7) is 6.76. The third-order valence-electron chi connectivity index (χ3n) is 2.94. The van der Waals surface area contributed by atoms with Crippen molar-refractivity contribution in [2.45, 2.75) is 50.1 Å². The average molecular weight is 264 g/mol. The van der Waals surface area contributed by atoms with E-state index < -0.39 is 0 Å². The topological polar surface area (TPSA) is 38.3 Å². The maximum Gasteiger partial charge on any atom is 0.234 e. The maximum absolute atomic E-state index is 11.7. The lowest BCUT2D eigenvalue weighted by Crippen LogP contribution is -2.52. The van der Waals surface area contributed by atoms with Crippen molar-refractivity contribution in [1.29, 1.82) is 0 Å². The molecule has 0 aliphatic carbocycles. The summed E-state index contributed by atoms with van der Waals surface area (Å²) >= 11 is 3.34. The van der Waals surface area contributed by atoms with Crippen LogP contribution in [0.25, 0.3) is 0 Å². The molecular weight excluding hydrogens is 246 g/mol. The summed E-state index contributed by atoms with van der Waals surface area (Å²) in [4.78, 5) is 11.6. The van der Waals surface area contributed by atoms with Gasteiger partial charge in [0.1, 0.15) is 0 Å². The van der Waals surface area contributed by atoms with Gasteiger partial charge in [0.15, 0.2) is 0 Å². The van der Waals surface area contributed by atoms with Gasteiger partial charge < -0.3 is 10.1 Å². The van der Waals surface area contributed by atoms with Gasteiger partial charge in [-0.05, 0) is 26.7 Å². The molecule has 1 N–H and O–H groups in total. The number of nitrogens with one attached hydrogen (secondary N) is 1. The lowest BCUT2D eigenvalue weighted by molar-refractivity contribution is -0.122. The Balaban J connectivity index is 2.54. The lowest BCUT2D eigenvalue weighted by Gasteiger charge is -2.29. The van der Waals surface area contributed by atoms with E-state index in [-0.39, 0.29) is 22.4 Å². The molecule has 3 unspecified atom stereocenters. The fraction of sp³-hybridized carbons (Fsp3) is 0.900. The molecule has 3 nitrogen and oxygen atoms in total. The molecule has 1 aliphatic rings. The van der Waals surface area contributed by atoms with Crippen molar-refractivity contribution in [3.8, 4) is 0 Å². The Morgan fingerprint density at radius 3 is 2.86 bits per heavy atom. The van der Waals surface area contributed by atoms with Crippen LogP contribution in [0.5, 0.6) is 0 Å². The zero-order chi connectivity index (χ0) is 10.8. The van der Waals surface area contributed by atoms with Crippen molar-refractivity contribution in [2.24, 2.45) is 0 Å². The Morgan fingerprint density at radius 1 is 1.79 bits per heavy atom. The van der Waals surface area contributed by atoms with Crippen LogP contribution in [0.4, 0.5) is 0 Å². The third-order valence-corrected chi connectivity index (χ3v) is 4.00. The van der Waals surface area contributed by atoms with Gasteiger partial charge in [0, 0.05) is 6.61 Å². The molecular formula is C10H18BrNO2. The number of carbonyl (C=O) groups excluding carboxylic acids is 1. The van der Waals surface area contributed by atoms with E-state index in [0.717, 1.165) is 19.4 Å². The van der Waals surface area contributed by atoms with Gasteiger partial charge in [-0.1, -0.05) is 22.9 Å². The van der Waals surface area contributed by atoms with Crippen LogP contribution in [0, 0.1) is 0 Å². The molecule has 1 aliphatic heterocycles. The first-order valence-electron chi connectivity index (χ1n) is 5.07. The summed E-state index contributed by atoms with van der Waals surface area (Å²) in [5, 5.41) is 3.04. The molecule has 0 aromatic heterocycles. The SMILES string of the molecule is CCC(Br)C(=O)NC1(C)CCOC1C. The summed E-state index contributed by atoms with van der Waals surface area (Å²) in [6, 6.07) is 0. The largest absolute Gasteiger partial charge is 0.376 e. The van der Waals surface area contributed by atoms with Crippen LogP contribution in [0.15, 0.2) is 0 Å². The number of ether oxygens (including phenoxy) is 1. The minimum atomic E-state index is -0.196. The van der Waals surface area contributed by atoms with Crippen molar-refractivity contribution in [1.82, 2.24) is 5.32 Å². The van der Waals surface area contributed by atoms with Gasteiger partial charge in [0.2, 0.25) is 5.91 Å². The van der Waals surface area contributed by atoms with Gasteiger partial charge >= 0.3 is 0 Å². The van der Waals surface area contributed by atoms with Crippen molar-refractivity contribution in [3.63, 3.8) is 0 Å². The average Bonchev–Trinajstić information content (AvgIpc) is 2.45. The van der Waals surface area contributed by atoms with Gasteiger partial charge in [-0.2, -0.15) is 0 Å². The van der Waals surface area contributed by atoms with E-state index in [9.17, 15) is 4.79 Å². The zero-order valence-electron chi connectivity index (χ0n) is 8.97. The van der Waals surface area contributed by atoms with E-state index >= 15 is 0 Å². The minimum Gasteiger partial charge on any atom is -0.376 e. The molecule has 1 heterocycles. The van der Waals surface area contributed by atoms with E-state index in [1.54, 1.807) is 0 Å². The molecule has 4 heteroatoms. The van der Waals surface area contributed by atoms with Crippen molar-refractivity contribution < 1.29 is 9.53 Å². The number of carbonyl (C=O) groups is 1. The van der Waals surface area contributed by atoms with Crippen LogP contribution in [0.2, 0.25) is 0 Å². The Bertz CT molecular complexity index is 222. The molecule has 0 saturated carbocycles. The lowest BCUT2D eigenvalue weighted by atomic mass is 9.94. The van der Waals surface area contributed by atoms with Gasteiger partial charge in [0.05, 0.1) is 16.5 Å². The Kier molecular flexibility index (Phi) is 3.95. The van der Waals surface area contributed by atoms with Crippen LogP contribution >= 0.6 is 15.9 Å². The highest BCUT2D eigenvalue weighted by molar-refractivity contribution is 9.10. The minimum absolute atomic E-state index is 0.0624. The maximum atomic E-state index is 11.7. The number of hydrogen-bond donors (Lipinski definition) is 1. The monoisotopic (exact) mass is 263 g/mol. The number of alkyl halides is 1. The van der Waals surface area contributed by atoms with E-state index in [0.29, 0.717) is 0 Å². The molecule has 0 spiro atoms. The summed E-state index contributed by atoms with van der Waals surface area (Å²) in [7, 11) is 0. The van der Waals surface area contributed by atoms with Gasteiger partial charge in [-0.15, -0.1) is 0 Å². The van der Waals surface area contributed by atoms with E-state index in [1.807, 2.05) is 20.8 Å². The van der Waals surface area contributed by atoms with Crippen LogP contribution < -0.4 is 5.32 Å². The number of hydrogen-bond acceptors (Lipinski definition) is 2. The van der Waals surface area contributed by atoms with Crippen LogP contribution in [-0.4, -0.2) is 29.0 Å². The molecule has 1 rings (SSSR count). The predicted molar refractivity (Wildman–Crippen MR) is 59.6 cm³/mol. The number of amides is 1. The number of rotatable bonds is 3. The first-order valence-corrected chi connectivity index (χ1v) is 5.99. The second kappa shape index (κ2) is 4.62. The van der Waals surface area contributed by atoms with Crippen LogP contribution in [0.1, 0.15) is 33.6 Å². The van der Waals surface area contributed by atoms with Gasteiger partial charge in [-0.25, -0.2) is 0 Å². The smallest absolute Gasteiger partial charge is 0.234 e. The molecule has 0 aromatic carbocycles. The van der Waals surface area contributed by atoms with Crippen molar-refractivity contribution >= 4 is 21.8 Å². The second-order valence-corrected chi connectivity index (χ2v) is 5.15. The summed E-state index contributed by atoms with van der Waals surface area (Å²) in [6.07, 6.45) is 1.79. The quantitative estimate of drug-likeness (QED) is 0.790. The number of halogens is 1. The molecule has 0 radical (unpaired) electrons. The van der Waals surface area contributed by atoms with Gasteiger partial charge in [-0.3, -0.25) is 4.79 Å². The molecule has 0 aromatic rings. The third kappa shape index (κ3) is 2.48. The molecule has 1 amide bonds. The molecule has 1 saturated heterocycles. The Hall–Kier alpha value is -0.0900. The predicted octanol–water partition coefficient (Wildman–Crippen LogP) is 1.84. The normalized spacial score (nSPS) is 34.1. The fourth-order valence-electron chi connectivity index (χ4n) is 1.54. The molecule has 14 heavy (non-hydrogen) atoms. The Labute approximate surface area is 93.7 Å². The van der Waals surface area contributed by atoms with Gasteiger partial charge in [0.25, 0.3) is 0 Å². The van der Waals surface area contributed by atoms with Crippen molar-refractivity contribution in [3.05, 3.63) is 0 Å². The highest BCUT2D eigenvalue weighted by Crippen LogP contribution is 2.25. The molecule has 0 bridgehead atoms. The fourth-order valence-corrected chi connectivity index (χ4v) is 1.66. The highest BCUT2D eigenvalue weighted by Gasteiger charge is 2.38. The van der Waals surface area contributed by atoms with Crippen LogP contribution in [-0.2, 0) is 9.53 Å². The van der Waals surface area contributed by atoms with Crippen molar-refractivity contribution in [2.75, 3.05) is 6.61 Å². The Morgan fingerprint density at radius 2 is 2.43 bits per heavy atom. The second-order valence-electron chi connectivity index (χ2n) is 4.05. The molecule has 1 fully saturated rings. The van der Waals surface area contributed by atoms with Crippen LogP contribution in [0.3, 0.4) is 0 Å². The highest BCUT2D eigenvalue weighted by atomic mass is 79.9. The molecule has 3 atom stereocenters. The van der Waals surface area contributed by atoms with E-state index in [1.165, 1.54) is 0 Å². The van der Waals surface area contributed by atoms with E-state index in [4.69, 9.17) is 4.74 Å². The summed E-state index contributed by atoms with van der Waals surface area (Å²) in [5.41, 5.74) is -0.196. The zero-order valence-corrected chi connectivity index (χ0v) is 10.6. The molecule has 82 valence electrons.